The molecule has 1 atom stereocenters. The van der Waals surface area contributed by atoms with Gasteiger partial charge in [-0.1, -0.05) is 12.1 Å². The number of amides is 1. The van der Waals surface area contributed by atoms with Gasteiger partial charge in [-0.2, -0.15) is 22.0 Å². The van der Waals surface area contributed by atoms with Crippen LogP contribution in [0.3, 0.4) is 0 Å². The van der Waals surface area contributed by atoms with Crippen molar-refractivity contribution in [2.75, 3.05) is 11.9 Å². The maximum Gasteiger partial charge on any atom is 0.423 e. The van der Waals surface area contributed by atoms with Crippen molar-refractivity contribution in [3.63, 3.8) is 0 Å². The largest absolute Gasteiger partial charge is 0.423 e. The molecule has 6 nitrogen and oxygen atoms in total. The Balaban J connectivity index is 2.09. The maximum absolute atomic E-state index is 13.6. The molecule has 0 radical (unpaired) electrons. The van der Waals surface area contributed by atoms with Crippen LogP contribution in [0, 0.1) is 0 Å². The number of nitrogens with zero attached hydrogens (tertiary/aromatic N) is 3. The van der Waals surface area contributed by atoms with E-state index >= 15 is 0 Å². The monoisotopic (exact) mass is 429 g/mol. The van der Waals surface area contributed by atoms with Crippen LogP contribution in [0.5, 0.6) is 0 Å². The van der Waals surface area contributed by atoms with Gasteiger partial charge in [-0.15, -0.1) is 0 Å². The smallest absolute Gasteiger partial charge is 0.365 e. The molecule has 2 rings (SSSR count). The molecular formula is C19H20F5N5O. The molecule has 0 spiro atoms. The average molecular weight is 429 g/mol. The minimum absolute atomic E-state index is 0.236. The summed E-state index contributed by atoms with van der Waals surface area (Å²) in [6.07, 6.45) is -4.62. The van der Waals surface area contributed by atoms with Crippen LogP contribution < -0.4 is 16.0 Å². The fourth-order valence-electron chi connectivity index (χ4n) is 2.34. The first-order chi connectivity index (χ1) is 13.9. The minimum Gasteiger partial charge on any atom is -0.365 e. The second kappa shape index (κ2) is 9.16. The van der Waals surface area contributed by atoms with E-state index < -0.39 is 24.1 Å². The topological polar surface area (TPSA) is 83.6 Å². The average Bonchev–Trinajstić information content (AvgIpc) is 2.69. The molecule has 0 saturated carbocycles. The number of aromatic nitrogens is 1. The Labute approximate surface area is 169 Å². The molecule has 11 heteroatoms. The molecular weight excluding hydrogens is 409 g/mol. The third kappa shape index (κ3) is 6.21. The number of pyridine rings is 1. The molecule has 2 aromatic rings. The Kier molecular flexibility index (Phi) is 7.08. The van der Waals surface area contributed by atoms with E-state index in [0.717, 1.165) is 0 Å². The lowest BCUT2D eigenvalue weighted by molar-refractivity contribution is -0.145. The van der Waals surface area contributed by atoms with Crippen LogP contribution in [0.4, 0.5) is 27.6 Å². The Bertz CT molecular complexity index is 879. The third-order valence-corrected chi connectivity index (χ3v) is 4.02. The second-order valence-electron chi connectivity index (χ2n) is 6.48. The van der Waals surface area contributed by atoms with Crippen LogP contribution in [0.25, 0.3) is 0 Å². The first kappa shape index (κ1) is 23.2. The molecule has 1 heterocycles. The van der Waals surface area contributed by atoms with Crippen molar-refractivity contribution in [3.8, 4) is 0 Å². The predicted octanol–water partition coefficient (Wildman–Crippen LogP) is 3.35. The van der Waals surface area contributed by atoms with Gasteiger partial charge in [0, 0.05) is 32.3 Å². The van der Waals surface area contributed by atoms with E-state index in [1.807, 2.05) is 0 Å². The fraction of sp³-hybridized carbons (Fsp3) is 0.316. The van der Waals surface area contributed by atoms with Crippen molar-refractivity contribution in [3.05, 3.63) is 59.9 Å². The summed E-state index contributed by atoms with van der Waals surface area (Å²) in [7, 11) is 1.57. The van der Waals surface area contributed by atoms with Crippen molar-refractivity contribution < 1.29 is 26.7 Å². The van der Waals surface area contributed by atoms with Crippen LogP contribution in [-0.2, 0) is 6.54 Å². The highest BCUT2D eigenvalue weighted by atomic mass is 19.4. The van der Waals surface area contributed by atoms with E-state index in [1.165, 1.54) is 35.4 Å². The molecule has 30 heavy (non-hydrogen) atoms. The van der Waals surface area contributed by atoms with Gasteiger partial charge in [-0.25, -0.2) is 4.99 Å². The van der Waals surface area contributed by atoms with E-state index in [9.17, 15) is 26.7 Å². The maximum atomic E-state index is 13.6. The number of halogens is 5. The Morgan fingerprint density at radius 2 is 1.83 bits per heavy atom. The van der Waals surface area contributed by atoms with Crippen molar-refractivity contribution in [2.45, 2.75) is 31.7 Å². The number of hydrogen-bond acceptors (Lipinski definition) is 4. The van der Waals surface area contributed by atoms with Crippen LogP contribution >= 0.6 is 0 Å². The summed E-state index contributed by atoms with van der Waals surface area (Å²) in [5, 5.41) is 2.19. The van der Waals surface area contributed by atoms with E-state index in [-0.39, 0.29) is 12.5 Å². The van der Waals surface area contributed by atoms with Gasteiger partial charge in [0.25, 0.3) is 5.91 Å². The second-order valence-corrected chi connectivity index (χ2v) is 6.48. The van der Waals surface area contributed by atoms with Crippen molar-refractivity contribution in [2.24, 2.45) is 10.7 Å². The summed E-state index contributed by atoms with van der Waals surface area (Å²) in [5.74, 6) is -5.14. The number of carbonyl (C=O) groups excluding carboxylic acids is 1. The van der Waals surface area contributed by atoms with Gasteiger partial charge < -0.3 is 16.0 Å². The van der Waals surface area contributed by atoms with Crippen molar-refractivity contribution >= 4 is 17.4 Å². The zero-order valence-electron chi connectivity index (χ0n) is 16.1. The summed E-state index contributed by atoms with van der Waals surface area (Å²) in [4.78, 5) is 20.7. The number of nitrogens with one attached hydrogen (secondary N) is 1. The third-order valence-electron chi connectivity index (χ3n) is 4.02. The lowest BCUT2D eigenvalue weighted by atomic mass is 10.1. The number of rotatable bonds is 6. The number of hydrogen-bond donors (Lipinski definition) is 2. The first-order valence-corrected chi connectivity index (χ1v) is 8.69. The lowest BCUT2D eigenvalue weighted by Gasteiger charge is -2.20. The van der Waals surface area contributed by atoms with E-state index in [4.69, 9.17) is 5.73 Å². The van der Waals surface area contributed by atoms with Crippen LogP contribution in [0.2, 0.25) is 0 Å². The number of benzene rings is 1. The minimum atomic E-state index is -4.94. The highest BCUT2D eigenvalue weighted by Crippen LogP contribution is 2.22. The molecule has 0 fully saturated rings. The van der Waals surface area contributed by atoms with Gasteiger partial charge in [0.15, 0.2) is 12.0 Å². The van der Waals surface area contributed by atoms with E-state index in [2.05, 4.69) is 15.3 Å². The molecule has 1 unspecified atom stereocenters. The van der Waals surface area contributed by atoms with Crippen molar-refractivity contribution in [1.82, 2.24) is 10.3 Å². The first-order valence-electron chi connectivity index (χ1n) is 8.69. The molecule has 1 aromatic heterocycles. The van der Waals surface area contributed by atoms with Gasteiger partial charge in [0.2, 0.25) is 0 Å². The molecule has 1 aromatic carbocycles. The van der Waals surface area contributed by atoms with Crippen molar-refractivity contribution in [1.29, 1.82) is 0 Å². The molecule has 0 aliphatic rings. The van der Waals surface area contributed by atoms with Gasteiger partial charge >= 0.3 is 12.1 Å². The number of carbonyl (C=O) groups is 1. The summed E-state index contributed by atoms with van der Waals surface area (Å²) in [5.41, 5.74) is 6.18. The summed E-state index contributed by atoms with van der Waals surface area (Å²) in [6, 6.07) is 9.34. The predicted molar refractivity (Wildman–Crippen MR) is 102 cm³/mol. The molecule has 3 N–H and O–H groups in total. The Morgan fingerprint density at radius 3 is 2.33 bits per heavy atom. The summed E-state index contributed by atoms with van der Waals surface area (Å²) < 4.78 is 64.7. The van der Waals surface area contributed by atoms with Gasteiger partial charge in [-0.05, 0) is 29.8 Å². The summed E-state index contributed by atoms with van der Waals surface area (Å²) in [6.45, 7) is 0.178. The van der Waals surface area contributed by atoms with E-state index in [0.29, 0.717) is 23.7 Å². The molecule has 1 amide bonds. The molecule has 162 valence electrons. The number of anilines is 1. The van der Waals surface area contributed by atoms with Crippen LogP contribution in [0.1, 0.15) is 22.8 Å². The molecule has 0 bridgehead atoms. The fourth-order valence-corrected chi connectivity index (χ4v) is 2.34. The van der Waals surface area contributed by atoms with Crippen LogP contribution in [-0.4, -0.2) is 42.0 Å². The van der Waals surface area contributed by atoms with Crippen LogP contribution in [0.15, 0.2) is 53.8 Å². The zero-order chi connectivity index (χ0) is 22.5. The molecule has 0 saturated heterocycles. The Morgan fingerprint density at radius 1 is 1.20 bits per heavy atom. The van der Waals surface area contributed by atoms with E-state index in [1.54, 1.807) is 25.4 Å². The highest BCUT2D eigenvalue weighted by molar-refractivity contribution is 6.05. The standard InChI is InChI=1S/C19H20F5N5O/c1-18(20,21)17(28-16(25)19(22,23)24)27-10-12-5-7-13(8-6-12)15(30)29(2)14-4-3-9-26-11-14/h3-9,11,16H,10,25H2,1-2H3,(H,27,28). The SMILES string of the molecule is CN(C(=O)c1ccc(CN/C(=N\C(N)C(F)(F)F)C(C)(F)F)cc1)c1cccnc1. The zero-order valence-corrected chi connectivity index (χ0v) is 16.1. The number of aliphatic imine (C=N–C) groups is 1. The normalized spacial score (nSPS) is 13.7. The number of nitrogens with two attached hydrogens (primary N) is 1. The number of alkyl halides is 5. The molecule has 0 aliphatic heterocycles. The molecule has 0 aliphatic carbocycles. The lowest BCUT2D eigenvalue weighted by Crippen LogP contribution is -2.43. The Hall–Kier alpha value is -3.08. The quantitative estimate of drug-likeness (QED) is 0.419. The van der Waals surface area contributed by atoms with Gasteiger partial charge in [0.05, 0.1) is 11.9 Å². The van der Waals surface area contributed by atoms with Gasteiger partial charge in [-0.3, -0.25) is 9.78 Å². The highest BCUT2D eigenvalue weighted by Gasteiger charge is 2.39. The number of amidine groups is 1. The summed E-state index contributed by atoms with van der Waals surface area (Å²) >= 11 is 0. The van der Waals surface area contributed by atoms with Gasteiger partial charge in [0.1, 0.15) is 0 Å².